The number of carbonyl (C=O) groups is 1. The monoisotopic (exact) mass is 438 g/mol. The second-order valence-electron chi connectivity index (χ2n) is 8.66. The van der Waals surface area contributed by atoms with Crippen LogP contribution < -0.4 is 14.8 Å². The molecule has 0 saturated carbocycles. The van der Waals surface area contributed by atoms with E-state index in [4.69, 9.17) is 9.47 Å². The van der Waals surface area contributed by atoms with Crippen LogP contribution in [0.2, 0.25) is 0 Å². The van der Waals surface area contributed by atoms with Gasteiger partial charge in [0.2, 0.25) is 5.91 Å². The number of benzene rings is 2. The van der Waals surface area contributed by atoms with Crippen molar-refractivity contribution in [2.75, 3.05) is 25.6 Å². The van der Waals surface area contributed by atoms with Gasteiger partial charge in [-0.15, -0.1) is 0 Å². The maximum Gasteiger partial charge on any atom is 0.248 e. The molecule has 0 radical (unpaired) electrons. The van der Waals surface area contributed by atoms with Crippen molar-refractivity contribution in [1.82, 2.24) is 4.90 Å². The highest BCUT2D eigenvalue weighted by Crippen LogP contribution is 2.30. The highest BCUT2D eigenvalue weighted by Gasteiger charge is 2.13. The maximum atomic E-state index is 12.4. The number of ether oxygens (including phenoxy) is 2. The predicted octanol–water partition coefficient (Wildman–Crippen LogP) is 5.85. The van der Waals surface area contributed by atoms with E-state index in [0.717, 1.165) is 18.5 Å². The fraction of sp³-hybridized carbons (Fsp3) is 0.444. The van der Waals surface area contributed by atoms with Crippen molar-refractivity contribution in [2.45, 2.75) is 60.0 Å². The average Bonchev–Trinajstić information content (AvgIpc) is 2.74. The van der Waals surface area contributed by atoms with E-state index in [1.165, 1.54) is 11.1 Å². The van der Waals surface area contributed by atoms with E-state index in [1.807, 2.05) is 30.3 Å². The molecule has 5 nitrogen and oxygen atoms in total. The summed E-state index contributed by atoms with van der Waals surface area (Å²) in [5.41, 5.74) is 4.10. The third kappa shape index (κ3) is 7.72. The van der Waals surface area contributed by atoms with Crippen LogP contribution in [0.3, 0.4) is 0 Å². The van der Waals surface area contributed by atoms with E-state index in [2.05, 4.69) is 63.9 Å². The second kappa shape index (κ2) is 12.3. The number of nitrogens with zero attached hydrogens (tertiary/aromatic N) is 1. The molecule has 2 aromatic rings. The molecule has 0 heterocycles. The summed E-state index contributed by atoms with van der Waals surface area (Å²) < 4.78 is 11.4. The first kappa shape index (κ1) is 25.5. The van der Waals surface area contributed by atoms with Gasteiger partial charge in [-0.3, -0.25) is 9.69 Å². The van der Waals surface area contributed by atoms with Gasteiger partial charge in [0.25, 0.3) is 0 Å². The minimum atomic E-state index is -0.191. The van der Waals surface area contributed by atoms with Crippen LogP contribution in [0.4, 0.5) is 5.69 Å². The third-order valence-electron chi connectivity index (χ3n) is 5.53. The maximum absolute atomic E-state index is 12.4. The van der Waals surface area contributed by atoms with Gasteiger partial charge in [0, 0.05) is 36.5 Å². The van der Waals surface area contributed by atoms with Gasteiger partial charge >= 0.3 is 0 Å². The molecule has 0 spiro atoms. The van der Waals surface area contributed by atoms with Crippen LogP contribution in [0.25, 0.3) is 6.08 Å². The zero-order chi connectivity index (χ0) is 23.7. The van der Waals surface area contributed by atoms with E-state index in [9.17, 15) is 4.79 Å². The molecule has 174 valence electrons. The number of hydrogen-bond acceptors (Lipinski definition) is 4. The largest absolute Gasteiger partial charge is 0.493 e. The summed E-state index contributed by atoms with van der Waals surface area (Å²) >= 11 is 0. The molecule has 0 aliphatic carbocycles. The molecule has 2 rings (SSSR count). The molecule has 0 unspecified atom stereocenters. The molecule has 2 aromatic carbocycles. The zero-order valence-electron chi connectivity index (χ0n) is 20.6. The SMILES string of the molecule is COc1ccc(NC(=O)C=Cc2ccc(C)c(C)c2)cc1OCCCN(C(C)C)C(C)C. The first-order valence-corrected chi connectivity index (χ1v) is 11.3. The van der Waals surface area contributed by atoms with Gasteiger partial charge in [0.15, 0.2) is 11.5 Å². The molecule has 0 aliphatic rings. The summed E-state index contributed by atoms with van der Waals surface area (Å²) in [6.45, 7) is 14.5. The second-order valence-corrected chi connectivity index (χ2v) is 8.66. The number of nitrogens with one attached hydrogen (secondary N) is 1. The van der Waals surface area contributed by atoms with Gasteiger partial charge in [0.05, 0.1) is 13.7 Å². The van der Waals surface area contributed by atoms with E-state index >= 15 is 0 Å². The summed E-state index contributed by atoms with van der Waals surface area (Å²) in [4.78, 5) is 14.8. The van der Waals surface area contributed by atoms with Gasteiger partial charge in [-0.2, -0.15) is 0 Å². The lowest BCUT2D eigenvalue weighted by molar-refractivity contribution is -0.111. The van der Waals surface area contributed by atoms with E-state index < -0.39 is 0 Å². The van der Waals surface area contributed by atoms with Crippen LogP contribution in [0.1, 0.15) is 50.8 Å². The van der Waals surface area contributed by atoms with Crippen LogP contribution in [0, 0.1) is 13.8 Å². The molecular weight excluding hydrogens is 400 g/mol. The zero-order valence-corrected chi connectivity index (χ0v) is 20.6. The fourth-order valence-corrected chi connectivity index (χ4v) is 3.63. The van der Waals surface area contributed by atoms with Crippen LogP contribution in [0.15, 0.2) is 42.5 Å². The van der Waals surface area contributed by atoms with Gasteiger partial charge in [-0.05, 0) is 82.9 Å². The van der Waals surface area contributed by atoms with Crippen molar-refractivity contribution in [3.8, 4) is 11.5 Å². The van der Waals surface area contributed by atoms with Crippen molar-refractivity contribution in [3.05, 3.63) is 59.2 Å². The number of amides is 1. The number of hydrogen-bond donors (Lipinski definition) is 1. The Morgan fingerprint density at radius 3 is 2.34 bits per heavy atom. The first-order chi connectivity index (χ1) is 15.2. The Morgan fingerprint density at radius 1 is 1.00 bits per heavy atom. The molecule has 0 saturated heterocycles. The van der Waals surface area contributed by atoms with Crippen LogP contribution in [-0.2, 0) is 4.79 Å². The van der Waals surface area contributed by atoms with Gasteiger partial charge < -0.3 is 14.8 Å². The quantitative estimate of drug-likeness (QED) is 0.353. The Labute approximate surface area is 193 Å². The van der Waals surface area contributed by atoms with Crippen LogP contribution in [-0.4, -0.2) is 43.2 Å². The van der Waals surface area contributed by atoms with Crippen molar-refractivity contribution >= 4 is 17.7 Å². The van der Waals surface area contributed by atoms with Crippen LogP contribution >= 0.6 is 0 Å². The molecule has 0 bridgehead atoms. The molecular formula is C27H38N2O3. The van der Waals surface area contributed by atoms with E-state index in [-0.39, 0.29) is 5.91 Å². The summed E-state index contributed by atoms with van der Waals surface area (Å²) in [6.07, 6.45) is 4.27. The Hall–Kier alpha value is -2.79. The molecule has 0 aliphatic heterocycles. The molecule has 32 heavy (non-hydrogen) atoms. The minimum absolute atomic E-state index is 0.191. The normalized spacial score (nSPS) is 11.6. The van der Waals surface area contributed by atoms with Crippen LogP contribution in [0.5, 0.6) is 11.5 Å². The highest BCUT2D eigenvalue weighted by atomic mass is 16.5. The van der Waals surface area contributed by atoms with Gasteiger partial charge in [0.1, 0.15) is 0 Å². The van der Waals surface area contributed by atoms with Gasteiger partial charge in [-0.25, -0.2) is 0 Å². The molecule has 1 N–H and O–H groups in total. The molecule has 5 heteroatoms. The van der Waals surface area contributed by atoms with Crippen molar-refractivity contribution in [3.63, 3.8) is 0 Å². The fourth-order valence-electron chi connectivity index (χ4n) is 3.63. The first-order valence-electron chi connectivity index (χ1n) is 11.3. The number of methoxy groups -OCH3 is 1. The van der Waals surface area contributed by atoms with Crippen molar-refractivity contribution in [1.29, 1.82) is 0 Å². The topological polar surface area (TPSA) is 50.8 Å². The minimum Gasteiger partial charge on any atom is -0.493 e. The highest BCUT2D eigenvalue weighted by molar-refractivity contribution is 6.02. The Balaban J connectivity index is 1.97. The lowest BCUT2D eigenvalue weighted by Crippen LogP contribution is -2.38. The summed E-state index contributed by atoms with van der Waals surface area (Å²) in [7, 11) is 1.62. The standard InChI is InChI=1S/C27H38N2O3/c1-19(2)29(20(3)4)15-8-16-32-26-18-24(12-13-25(26)31-7)28-27(30)14-11-23-10-9-21(5)22(6)17-23/h9-14,17-20H,8,15-16H2,1-7H3,(H,28,30). The third-order valence-corrected chi connectivity index (χ3v) is 5.53. The number of aryl methyl sites for hydroxylation is 2. The number of carbonyl (C=O) groups excluding carboxylic acids is 1. The lowest BCUT2D eigenvalue weighted by Gasteiger charge is -2.30. The molecule has 0 aromatic heterocycles. The lowest BCUT2D eigenvalue weighted by atomic mass is 10.1. The van der Waals surface area contributed by atoms with E-state index in [1.54, 1.807) is 13.2 Å². The number of rotatable bonds is 11. The van der Waals surface area contributed by atoms with E-state index in [0.29, 0.717) is 35.9 Å². The van der Waals surface area contributed by atoms with Crippen molar-refractivity contribution < 1.29 is 14.3 Å². The Morgan fingerprint density at radius 2 is 1.72 bits per heavy atom. The van der Waals surface area contributed by atoms with Crippen molar-refractivity contribution in [2.24, 2.45) is 0 Å². The molecule has 1 amide bonds. The summed E-state index contributed by atoms with van der Waals surface area (Å²) in [5, 5.41) is 2.90. The molecule has 0 fully saturated rings. The molecule has 0 atom stereocenters. The number of anilines is 1. The average molecular weight is 439 g/mol. The Bertz CT molecular complexity index is 911. The summed E-state index contributed by atoms with van der Waals surface area (Å²) in [6, 6.07) is 12.6. The summed E-state index contributed by atoms with van der Waals surface area (Å²) in [5.74, 6) is 1.09. The smallest absolute Gasteiger partial charge is 0.248 e. The van der Waals surface area contributed by atoms with Gasteiger partial charge in [-0.1, -0.05) is 18.2 Å². The predicted molar refractivity (Wildman–Crippen MR) is 134 cm³/mol. The Kier molecular flexibility index (Phi) is 9.79.